The van der Waals surface area contributed by atoms with Gasteiger partial charge >= 0.3 is 0 Å². The number of rotatable bonds is 16. The summed E-state index contributed by atoms with van der Waals surface area (Å²) >= 11 is 0. The van der Waals surface area contributed by atoms with Gasteiger partial charge in [0, 0.05) is 16.1 Å². The molecule has 0 saturated heterocycles. The summed E-state index contributed by atoms with van der Waals surface area (Å²) in [5, 5.41) is 0. The predicted octanol–water partition coefficient (Wildman–Crippen LogP) is 10.7. The molecule has 2 atom stereocenters. The highest BCUT2D eigenvalue weighted by molar-refractivity contribution is 7.02. The second kappa shape index (κ2) is 15.6. The Morgan fingerprint density at radius 2 is 1.07 bits per heavy atom. The van der Waals surface area contributed by atoms with Crippen LogP contribution in [0.4, 0.5) is 0 Å². The second-order valence-corrected chi connectivity index (χ2v) is 33.7. The van der Waals surface area contributed by atoms with E-state index in [-0.39, 0.29) is 14.9 Å². The van der Waals surface area contributed by atoms with E-state index < -0.39 is 32.8 Å². The lowest BCUT2D eigenvalue weighted by molar-refractivity contribution is 0.500. The standard InChI is InChI=1S/C23H56OSi4.2CH4/c1-12-13-14-15-16-17-18-19-20-23(2)28(11,24-26(6,7)8)22-27(9,10)21-25(3,4)5;;/h23H,12-22H2,1-11H3;2*1H4. The van der Waals surface area contributed by atoms with E-state index in [1.54, 1.807) is 5.67 Å². The maximum absolute atomic E-state index is 7.09. The van der Waals surface area contributed by atoms with Crippen LogP contribution >= 0.6 is 0 Å². The molecule has 0 aromatic rings. The van der Waals surface area contributed by atoms with Crippen LogP contribution in [-0.2, 0) is 4.12 Å². The molecule has 0 saturated carbocycles. The Balaban J connectivity index is -0.00000364. The number of hydrogen-bond acceptors (Lipinski definition) is 1. The zero-order valence-electron chi connectivity index (χ0n) is 21.8. The molecule has 0 aliphatic rings. The lowest BCUT2D eigenvalue weighted by atomic mass is 10.1. The Bertz CT molecular complexity index is 412. The first kappa shape index (κ1) is 35.4. The van der Waals surface area contributed by atoms with E-state index in [0.29, 0.717) is 0 Å². The Labute approximate surface area is 198 Å². The molecule has 0 fully saturated rings. The highest BCUT2D eigenvalue weighted by atomic mass is 28.5. The summed E-state index contributed by atoms with van der Waals surface area (Å²) in [5.74, 6) is 0. The van der Waals surface area contributed by atoms with Gasteiger partial charge in [0.05, 0.1) is 0 Å². The van der Waals surface area contributed by atoms with E-state index in [9.17, 15) is 0 Å². The molecule has 0 heterocycles. The highest BCUT2D eigenvalue weighted by Crippen LogP contribution is 2.39. The van der Waals surface area contributed by atoms with E-state index >= 15 is 0 Å². The van der Waals surface area contributed by atoms with Crippen LogP contribution in [0.15, 0.2) is 0 Å². The van der Waals surface area contributed by atoms with Gasteiger partial charge in [0.2, 0.25) is 0 Å². The molecule has 5 heteroatoms. The molecular formula is C25H64OSi4. The van der Waals surface area contributed by atoms with E-state index in [1.807, 2.05) is 0 Å². The van der Waals surface area contributed by atoms with Crippen molar-refractivity contribution in [3.05, 3.63) is 0 Å². The molecule has 0 rings (SSSR count). The van der Waals surface area contributed by atoms with Crippen molar-refractivity contribution in [2.24, 2.45) is 0 Å². The summed E-state index contributed by atoms with van der Waals surface area (Å²) in [7, 11) is -5.34. The SMILES string of the molecule is C.C.CCCCCCCCCCC(C)[Si](C)(C[Si](C)(C)C[Si](C)(C)C)O[Si](C)(C)C. The average molecular weight is 493 g/mol. The summed E-state index contributed by atoms with van der Waals surface area (Å²) in [6.45, 7) is 27.7. The molecule has 0 N–H and O–H groups in total. The van der Waals surface area contributed by atoms with Crippen LogP contribution in [0.25, 0.3) is 0 Å². The van der Waals surface area contributed by atoms with Crippen LogP contribution in [0.1, 0.15) is 86.5 Å². The first-order valence-corrected chi connectivity index (χ1v) is 25.5. The maximum Gasteiger partial charge on any atom is 0.176 e. The van der Waals surface area contributed by atoms with Gasteiger partial charge in [-0.05, 0) is 37.4 Å². The molecule has 0 aromatic carbocycles. The molecule has 1 nitrogen and oxygen atoms in total. The van der Waals surface area contributed by atoms with Gasteiger partial charge < -0.3 is 4.12 Å². The largest absolute Gasteiger partial charge is 0.456 e. The summed E-state index contributed by atoms with van der Waals surface area (Å²) in [4.78, 5) is 0. The minimum atomic E-state index is -1.66. The molecule has 0 aliphatic carbocycles. The molecule has 0 amide bonds. The normalized spacial score (nSPS) is 15.7. The monoisotopic (exact) mass is 492 g/mol. The zero-order valence-corrected chi connectivity index (χ0v) is 25.8. The summed E-state index contributed by atoms with van der Waals surface area (Å²) in [6.07, 6.45) is 12.8. The zero-order chi connectivity index (χ0) is 22.1. The van der Waals surface area contributed by atoms with Crippen molar-refractivity contribution in [3.63, 3.8) is 0 Å². The van der Waals surface area contributed by atoms with Crippen LogP contribution < -0.4 is 0 Å². The van der Waals surface area contributed by atoms with Gasteiger partial charge in [-0.3, -0.25) is 0 Å². The fourth-order valence-electron chi connectivity index (χ4n) is 5.35. The van der Waals surface area contributed by atoms with E-state index in [1.165, 1.54) is 63.5 Å². The minimum absolute atomic E-state index is 0. The Kier molecular flexibility index (Phi) is 18.4. The van der Waals surface area contributed by atoms with Crippen molar-refractivity contribution in [1.29, 1.82) is 0 Å². The smallest absolute Gasteiger partial charge is 0.176 e. The molecular weight excluding hydrogens is 429 g/mol. The summed E-state index contributed by atoms with van der Waals surface area (Å²) in [5.41, 5.74) is 3.85. The first-order chi connectivity index (χ1) is 12.6. The maximum atomic E-state index is 7.09. The van der Waals surface area contributed by atoms with Gasteiger partial charge in [-0.1, -0.05) is 125 Å². The van der Waals surface area contributed by atoms with Crippen molar-refractivity contribution in [2.75, 3.05) is 0 Å². The molecule has 30 heavy (non-hydrogen) atoms. The highest BCUT2D eigenvalue weighted by Gasteiger charge is 2.44. The van der Waals surface area contributed by atoms with Gasteiger partial charge in [-0.2, -0.15) is 0 Å². The lowest BCUT2D eigenvalue weighted by Gasteiger charge is -2.44. The van der Waals surface area contributed by atoms with Crippen LogP contribution in [0, 0.1) is 0 Å². The van der Waals surface area contributed by atoms with Crippen LogP contribution in [0.2, 0.25) is 75.8 Å². The van der Waals surface area contributed by atoms with Crippen LogP contribution in [-0.4, -0.2) is 32.8 Å². The quantitative estimate of drug-likeness (QED) is 0.154. The second-order valence-electron chi connectivity index (χ2n) is 12.8. The Morgan fingerprint density at radius 1 is 0.633 bits per heavy atom. The van der Waals surface area contributed by atoms with Gasteiger partial charge in [-0.15, -0.1) is 0 Å². The predicted molar refractivity (Wildman–Crippen MR) is 157 cm³/mol. The molecule has 186 valence electrons. The minimum Gasteiger partial charge on any atom is -0.456 e. The number of unbranched alkanes of at least 4 members (excludes halogenated alkanes) is 7. The lowest BCUT2D eigenvalue weighted by Crippen LogP contribution is -2.53. The van der Waals surface area contributed by atoms with Crippen molar-refractivity contribution in [2.45, 2.75) is 162 Å². The number of hydrogen-bond donors (Lipinski definition) is 0. The molecule has 2 unspecified atom stereocenters. The van der Waals surface area contributed by atoms with E-state index in [0.717, 1.165) is 5.54 Å². The van der Waals surface area contributed by atoms with Crippen molar-refractivity contribution in [3.8, 4) is 0 Å². The van der Waals surface area contributed by atoms with Gasteiger partial charge in [0.25, 0.3) is 0 Å². The fourth-order valence-corrected chi connectivity index (χ4v) is 35.6. The average Bonchev–Trinajstić information content (AvgIpc) is 2.44. The van der Waals surface area contributed by atoms with Crippen molar-refractivity contribution >= 4 is 32.8 Å². The van der Waals surface area contributed by atoms with E-state index in [2.05, 4.69) is 72.8 Å². The Morgan fingerprint density at radius 3 is 1.47 bits per heavy atom. The third kappa shape index (κ3) is 18.4. The van der Waals surface area contributed by atoms with Crippen molar-refractivity contribution in [1.82, 2.24) is 0 Å². The molecule has 0 radical (unpaired) electrons. The molecule has 0 aromatic heterocycles. The third-order valence-corrected chi connectivity index (χ3v) is 27.3. The van der Waals surface area contributed by atoms with Gasteiger partial charge in [-0.25, -0.2) is 0 Å². The van der Waals surface area contributed by atoms with Crippen LogP contribution in [0.5, 0.6) is 0 Å². The van der Waals surface area contributed by atoms with Crippen molar-refractivity contribution < 1.29 is 4.12 Å². The first-order valence-electron chi connectivity index (χ1n) is 12.3. The summed E-state index contributed by atoms with van der Waals surface area (Å²) < 4.78 is 7.09. The molecule has 0 aliphatic heterocycles. The Hall–Kier alpha value is 0.828. The third-order valence-electron chi connectivity index (χ3n) is 5.91. The van der Waals surface area contributed by atoms with E-state index in [4.69, 9.17) is 4.12 Å². The fraction of sp³-hybridized carbons (Fsp3) is 1.00. The summed E-state index contributed by atoms with van der Waals surface area (Å²) in [6, 6.07) is 0. The van der Waals surface area contributed by atoms with Gasteiger partial charge in [0.15, 0.2) is 16.6 Å². The molecule has 0 bridgehead atoms. The topological polar surface area (TPSA) is 9.23 Å². The van der Waals surface area contributed by atoms with Crippen LogP contribution in [0.3, 0.4) is 0 Å². The molecule has 0 spiro atoms. The van der Waals surface area contributed by atoms with Gasteiger partial charge in [0.1, 0.15) is 0 Å².